The lowest BCUT2D eigenvalue weighted by molar-refractivity contribution is -0.137. The Labute approximate surface area is 132 Å². The fourth-order valence-corrected chi connectivity index (χ4v) is 2.18. The lowest BCUT2D eigenvalue weighted by Gasteiger charge is -2.24. The minimum Gasteiger partial charge on any atom is -0.481 e. The van der Waals surface area contributed by atoms with E-state index < -0.39 is 5.97 Å². The molecule has 0 aliphatic rings. The summed E-state index contributed by atoms with van der Waals surface area (Å²) in [6.45, 7) is 5.09. The zero-order chi connectivity index (χ0) is 16.5. The van der Waals surface area contributed by atoms with Crippen LogP contribution in [0.3, 0.4) is 0 Å². The number of aliphatic carboxylic acids is 1. The molecule has 122 valence electrons. The number of carboxylic acids is 1. The average Bonchev–Trinajstić information content (AvgIpc) is 2.49. The second-order valence-electron chi connectivity index (χ2n) is 5.95. The summed E-state index contributed by atoms with van der Waals surface area (Å²) < 4.78 is 0. The molecule has 0 radical (unpaired) electrons. The van der Waals surface area contributed by atoms with Gasteiger partial charge < -0.3 is 15.3 Å². The third-order valence-electron chi connectivity index (χ3n) is 3.81. The number of hydrogen-bond donors (Lipinski definition) is 2. The minimum atomic E-state index is -0.899. The summed E-state index contributed by atoms with van der Waals surface area (Å²) in [6, 6.07) is 10.00. The number of nitrogens with zero attached hydrogens (tertiary/aromatic N) is 1. The van der Waals surface area contributed by atoms with Crippen molar-refractivity contribution < 1.29 is 14.7 Å². The molecule has 22 heavy (non-hydrogen) atoms. The molecular weight excluding hydrogens is 280 g/mol. The lowest BCUT2D eigenvalue weighted by atomic mass is 9.89. The van der Waals surface area contributed by atoms with Crippen molar-refractivity contribution in [3.05, 3.63) is 35.9 Å². The first-order valence-electron chi connectivity index (χ1n) is 7.64. The zero-order valence-electron chi connectivity index (χ0n) is 13.6. The molecule has 0 saturated heterocycles. The van der Waals surface area contributed by atoms with Crippen molar-refractivity contribution in [2.75, 3.05) is 20.1 Å². The van der Waals surface area contributed by atoms with Crippen molar-refractivity contribution in [2.45, 2.75) is 26.7 Å². The smallest absolute Gasteiger partial charge is 0.317 e. The van der Waals surface area contributed by atoms with Gasteiger partial charge in [-0.2, -0.15) is 0 Å². The standard InChI is InChI=1S/C17H26N2O3/c1-13(2)15(11-14-7-5-4-6-8-14)12-18-17(22)19(3)10-9-16(20)21/h4-8,13,15H,9-12H2,1-3H3,(H,18,22)(H,20,21). The first kappa shape index (κ1) is 18.0. The first-order chi connectivity index (χ1) is 10.4. The van der Waals surface area contributed by atoms with Crippen molar-refractivity contribution in [1.29, 1.82) is 0 Å². The van der Waals surface area contributed by atoms with Crippen LogP contribution in [-0.2, 0) is 11.2 Å². The van der Waals surface area contributed by atoms with Crippen LogP contribution in [0.1, 0.15) is 25.8 Å². The summed E-state index contributed by atoms with van der Waals surface area (Å²) in [6.07, 6.45) is 0.874. The SMILES string of the molecule is CC(C)C(CNC(=O)N(C)CCC(=O)O)Cc1ccccc1. The molecule has 1 unspecified atom stereocenters. The maximum Gasteiger partial charge on any atom is 0.317 e. The summed E-state index contributed by atoms with van der Waals surface area (Å²) in [4.78, 5) is 23.9. The molecular formula is C17H26N2O3. The maximum absolute atomic E-state index is 12.0. The van der Waals surface area contributed by atoms with Crippen LogP contribution in [0.5, 0.6) is 0 Å². The zero-order valence-corrected chi connectivity index (χ0v) is 13.6. The molecule has 2 N–H and O–H groups in total. The van der Waals surface area contributed by atoms with Crippen LogP contribution < -0.4 is 5.32 Å². The second-order valence-corrected chi connectivity index (χ2v) is 5.95. The molecule has 0 aromatic heterocycles. The van der Waals surface area contributed by atoms with Gasteiger partial charge in [-0.05, 0) is 23.8 Å². The van der Waals surface area contributed by atoms with E-state index in [0.29, 0.717) is 18.4 Å². The minimum absolute atomic E-state index is 0.0401. The molecule has 0 aliphatic heterocycles. The van der Waals surface area contributed by atoms with Gasteiger partial charge >= 0.3 is 12.0 Å². The normalized spacial score (nSPS) is 12.0. The van der Waals surface area contributed by atoms with E-state index >= 15 is 0 Å². The van der Waals surface area contributed by atoms with Crippen LogP contribution in [0.15, 0.2) is 30.3 Å². The van der Waals surface area contributed by atoms with Gasteiger partial charge in [0, 0.05) is 20.1 Å². The van der Waals surface area contributed by atoms with Crippen LogP contribution in [0.2, 0.25) is 0 Å². The number of amides is 2. The van der Waals surface area contributed by atoms with Crippen molar-refractivity contribution in [1.82, 2.24) is 10.2 Å². The monoisotopic (exact) mass is 306 g/mol. The van der Waals surface area contributed by atoms with Gasteiger partial charge in [-0.25, -0.2) is 4.79 Å². The molecule has 0 aliphatic carbocycles. The number of benzene rings is 1. The van der Waals surface area contributed by atoms with Gasteiger partial charge in [0.15, 0.2) is 0 Å². The Morgan fingerprint density at radius 1 is 1.23 bits per heavy atom. The fourth-order valence-electron chi connectivity index (χ4n) is 2.18. The van der Waals surface area contributed by atoms with Gasteiger partial charge in [0.2, 0.25) is 0 Å². The number of carboxylic acid groups (broad SMARTS) is 1. The van der Waals surface area contributed by atoms with Gasteiger partial charge in [-0.3, -0.25) is 4.79 Å². The second kappa shape index (κ2) is 9.07. The first-order valence-corrected chi connectivity index (χ1v) is 7.64. The Kier molecular flexibility index (Phi) is 7.43. The van der Waals surface area contributed by atoms with E-state index in [1.165, 1.54) is 10.5 Å². The predicted octanol–water partition coefficient (Wildman–Crippen LogP) is 2.62. The van der Waals surface area contributed by atoms with Gasteiger partial charge in [0.1, 0.15) is 0 Å². The Morgan fingerprint density at radius 2 is 1.86 bits per heavy atom. The molecule has 0 saturated carbocycles. The average molecular weight is 306 g/mol. The molecule has 0 spiro atoms. The summed E-state index contributed by atoms with van der Waals surface area (Å²) in [5.41, 5.74) is 1.26. The Balaban J connectivity index is 2.47. The van der Waals surface area contributed by atoms with E-state index in [2.05, 4.69) is 31.3 Å². The highest BCUT2D eigenvalue weighted by atomic mass is 16.4. The number of carbonyl (C=O) groups excluding carboxylic acids is 1. The predicted molar refractivity (Wildman–Crippen MR) is 86.8 cm³/mol. The summed E-state index contributed by atoms with van der Waals surface area (Å²) in [5.74, 6) is -0.104. The molecule has 1 atom stereocenters. The molecule has 0 fully saturated rings. The molecule has 2 amide bonds. The number of carbonyl (C=O) groups is 2. The highest BCUT2D eigenvalue weighted by Gasteiger charge is 2.17. The van der Waals surface area contributed by atoms with Crippen LogP contribution in [0.4, 0.5) is 4.79 Å². The molecule has 0 heterocycles. The van der Waals surface area contributed by atoms with Crippen LogP contribution in [0, 0.1) is 11.8 Å². The fraction of sp³-hybridized carbons (Fsp3) is 0.529. The van der Waals surface area contributed by atoms with Gasteiger partial charge in [0.25, 0.3) is 0 Å². The largest absolute Gasteiger partial charge is 0.481 e. The van der Waals surface area contributed by atoms with E-state index in [1.54, 1.807) is 7.05 Å². The summed E-state index contributed by atoms with van der Waals surface area (Å²) in [5, 5.41) is 11.5. The Hall–Kier alpha value is -2.04. The molecule has 1 rings (SSSR count). The summed E-state index contributed by atoms with van der Waals surface area (Å²) >= 11 is 0. The molecule has 5 heteroatoms. The number of hydrogen-bond acceptors (Lipinski definition) is 2. The number of urea groups is 1. The number of rotatable bonds is 8. The molecule has 1 aromatic rings. The quantitative estimate of drug-likeness (QED) is 0.775. The summed E-state index contributed by atoms with van der Waals surface area (Å²) in [7, 11) is 1.61. The van der Waals surface area contributed by atoms with E-state index in [9.17, 15) is 9.59 Å². The van der Waals surface area contributed by atoms with Crippen molar-refractivity contribution in [2.24, 2.45) is 11.8 Å². The van der Waals surface area contributed by atoms with Crippen LogP contribution >= 0.6 is 0 Å². The van der Waals surface area contributed by atoms with Crippen LogP contribution in [0.25, 0.3) is 0 Å². The third-order valence-corrected chi connectivity index (χ3v) is 3.81. The van der Waals surface area contributed by atoms with E-state index in [0.717, 1.165) is 6.42 Å². The van der Waals surface area contributed by atoms with Crippen molar-refractivity contribution in [3.8, 4) is 0 Å². The topological polar surface area (TPSA) is 69.6 Å². The van der Waals surface area contributed by atoms with E-state index in [-0.39, 0.29) is 19.0 Å². The van der Waals surface area contributed by atoms with Gasteiger partial charge in [0.05, 0.1) is 6.42 Å². The van der Waals surface area contributed by atoms with E-state index in [1.807, 2.05) is 18.2 Å². The maximum atomic E-state index is 12.0. The van der Waals surface area contributed by atoms with Crippen LogP contribution in [-0.4, -0.2) is 42.1 Å². The number of nitrogens with one attached hydrogen (secondary N) is 1. The van der Waals surface area contributed by atoms with E-state index in [4.69, 9.17) is 5.11 Å². The third kappa shape index (κ3) is 6.61. The lowest BCUT2D eigenvalue weighted by Crippen LogP contribution is -2.41. The highest BCUT2D eigenvalue weighted by molar-refractivity contribution is 5.74. The molecule has 1 aromatic carbocycles. The van der Waals surface area contributed by atoms with Crippen molar-refractivity contribution >= 4 is 12.0 Å². The molecule has 5 nitrogen and oxygen atoms in total. The van der Waals surface area contributed by atoms with Gasteiger partial charge in [-0.15, -0.1) is 0 Å². The van der Waals surface area contributed by atoms with Crippen molar-refractivity contribution in [3.63, 3.8) is 0 Å². The Bertz CT molecular complexity index is 474. The Morgan fingerprint density at radius 3 is 2.41 bits per heavy atom. The highest BCUT2D eigenvalue weighted by Crippen LogP contribution is 2.16. The van der Waals surface area contributed by atoms with Gasteiger partial charge in [-0.1, -0.05) is 44.2 Å². The molecule has 0 bridgehead atoms.